The minimum atomic E-state index is 0.588. The Morgan fingerprint density at radius 1 is 1.32 bits per heavy atom. The molecule has 2 aromatic rings. The van der Waals surface area contributed by atoms with Gasteiger partial charge in [0.15, 0.2) is 0 Å². The van der Waals surface area contributed by atoms with E-state index >= 15 is 0 Å². The summed E-state index contributed by atoms with van der Waals surface area (Å²) in [6.45, 7) is 5.56. The molecule has 1 fully saturated rings. The molecule has 1 heterocycles. The van der Waals surface area contributed by atoms with Crippen molar-refractivity contribution >= 4 is 11.6 Å². The Morgan fingerprint density at radius 2 is 2.09 bits per heavy atom. The zero-order valence-electron chi connectivity index (χ0n) is 12.7. The van der Waals surface area contributed by atoms with Gasteiger partial charge in [-0.2, -0.15) is 0 Å². The Hall–Kier alpha value is -1.58. The van der Waals surface area contributed by atoms with Crippen molar-refractivity contribution in [3.8, 4) is 11.5 Å². The lowest BCUT2D eigenvalue weighted by Gasteiger charge is -2.26. The first-order chi connectivity index (χ1) is 10.8. The molecule has 0 aliphatic heterocycles. The second kappa shape index (κ2) is 7.12. The molecule has 0 radical (unpaired) electrons. The summed E-state index contributed by atoms with van der Waals surface area (Å²) in [7, 11) is 0. The van der Waals surface area contributed by atoms with Gasteiger partial charge >= 0.3 is 0 Å². The summed E-state index contributed by atoms with van der Waals surface area (Å²) in [5.41, 5.74) is 1.79. The number of benzene rings is 1. The summed E-state index contributed by atoms with van der Waals surface area (Å²) in [5, 5.41) is 0.662. The third-order valence-electron chi connectivity index (χ3n) is 4.23. The lowest BCUT2D eigenvalue weighted by molar-refractivity contribution is 0.209. The largest absolute Gasteiger partial charge is 0.444 e. The summed E-state index contributed by atoms with van der Waals surface area (Å²) in [6.07, 6.45) is 8.88. The Kier molecular flexibility index (Phi) is 4.96. The molecule has 3 rings (SSSR count). The lowest BCUT2D eigenvalue weighted by atomic mass is 10.2. The van der Waals surface area contributed by atoms with Gasteiger partial charge in [0.25, 0.3) is 0 Å². The molecule has 1 aromatic heterocycles. The van der Waals surface area contributed by atoms with Crippen molar-refractivity contribution in [3.05, 3.63) is 53.9 Å². The van der Waals surface area contributed by atoms with Crippen molar-refractivity contribution in [2.24, 2.45) is 0 Å². The van der Waals surface area contributed by atoms with E-state index in [4.69, 9.17) is 16.0 Å². The van der Waals surface area contributed by atoms with Crippen molar-refractivity contribution in [1.29, 1.82) is 0 Å². The van der Waals surface area contributed by atoms with Crippen LogP contribution < -0.4 is 0 Å². The van der Waals surface area contributed by atoms with E-state index in [0.717, 1.165) is 24.3 Å². The van der Waals surface area contributed by atoms with Crippen LogP contribution in [0.5, 0.6) is 0 Å². The number of nitrogens with zero attached hydrogens (tertiary/aromatic N) is 2. The van der Waals surface area contributed by atoms with Gasteiger partial charge in [0.05, 0.1) is 16.3 Å². The van der Waals surface area contributed by atoms with E-state index in [1.165, 1.54) is 25.7 Å². The van der Waals surface area contributed by atoms with E-state index in [0.29, 0.717) is 17.0 Å². The van der Waals surface area contributed by atoms with E-state index in [1.54, 1.807) is 6.26 Å². The van der Waals surface area contributed by atoms with E-state index in [9.17, 15) is 0 Å². The van der Waals surface area contributed by atoms with E-state index in [2.05, 4.69) is 16.5 Å². The molecule has 0 amide bonds. The molecule has 0 unspecified atom stereocenters. The van der Waals surface area contributed by atoms with Crippen molar-refractivity contribution in [1.82, 2.24) is 9.88 Å². The Balaban J connectivity index is 1.75. The average molecular weight is 317 g/mol. The zero-order valence-corrected chi connectivity index (χ0v) is 13.4. The van der Waals surface area contributed by atoms with Crippen molar-refractivity contribution in [2.75, 3.05) is 6.54 Å². The SMILES string of the molecule is C=CCN(Cc1coc(-c2ccccc2Cl)n1)C1CCCC1. The molecule has 0 saturated heterocycles. The number of rotatable bonds is 6. The van der Waals surface area contributed by atoms with Gasteiger partial charge < -0.3 is 4.42 Å². The van der Waals surface area contributed by atoms with Crippen LogP contribution >= 0.6 is 11.6 Å². The molecule has 1 aromatic carbocycles. The fraction of sp³-hybridized carbons (Fsp3) is 0.389. The van der Waals surface area contributed by atoms with Crippen molar-refractivity contribution in [2.45, 2.75) is 38.3 Å². The Bertz CT molecular complexity index is 632. The molecule has 116 valence electrons. The van der Waals surface area contributed by atoms with Crippen LogP contribution in [0.1, 0.15) is 31.4 Å². The van der Waals surface area contributed by atoms with Crippen LogP contribution in [-0.4, -0.2) is 22.5 Å². The highest BCUT2D eigenvalue weighted by atomic mass is 35.5. The van der Waals surface area contributed by atoms with Gasteiger partial charge in [0.1, 0.15) is 6.26 Å². The normalized spacial score (nSPS) is 15.5. The third-order valence-corrected chi connectivity index (χ3v) is 4.56. The first-order valence-corrected chi connectivity index (χ1v) is 8.20. The van der Waals surface area contributed by atoms with Crippen LogP contribution in [0.15, 0.2) is 47.6 Å². The monoisotopic (exact) mass is 316 g/mol. The van der Waals surface area contributed by atoms with Crippen molar-refractivity contribution < 1.29 is 4.42 Å². The second-order valence-corrected chi connectivity index (χ2v) is 6.19. The smallest absolute Gasteiger partial charge is 0.227 e. The molecule has 4 heteroatoms. The molecule has 0 atom stereocenters. The van der Waals surface area contributed by atoms with Gasteiger partial charge in [0, 0.05) is 19.1 Å². The van der Waals surface area contributed by atoms with Crippen LogP contribution in [-0.2, 0) is 6.54 Å². The lowest BCUT2D eigenvalue weighted by Crippen LogP contribution is -2.32. The quantitative estimate of drug-likeness (QED) is 0.708. The summed E-state index contributed by atoms with van der Waals surface area (Å²) in [5.74, 6) is 0.588. The van der Waals surface area contributed by atoms with Gasteiger partial charge in [-0.15, -0.1) is 6.58 Å². The molecule has 0 spiro atoms. The fourth-order valence-electron chi connectivity index (χ4n) is 3.12. The predicted molar refractivity (Wildman–Crippen MR) is 89.8 cm³/mol. The summed E-state index contributed by atoms with van der Waals surface area (Å²) >= 11 is 6.20. The average Bonchev–Trinajstić information content (AvgIpc) is 3.19. The number of aromatic nitrogens is 1. The van der Waals surface area contributed by atoms with Gasteiger partial charge in [-0.25, -0.2) is 4.98 Å². The maximum Gasteiger partial charge on any atom is 0.227 e. The molecule has 0 bridgehead atoms. The summed E-state index contributed by atoms with van der Waals surface area (Å²) in [4.78, 5) is 7.05. The minimum Gasteiger partial charge on any atom is -0.444 e. The molecule has 22 heavy (non-hydrogen) atoms. The number of halogens is 1. The molecular formula is C18H21ClN2O. The van der Waals surface area contributed by atoms with Crippen LogP contribution in [0.25, 0.3) is 11.5 Å². The van der Waals surface area contributed by atoms with E-state index < -0.39 is 0 Å². The molecule has 3 nitrogen and oxygen atoms in total. The summed E-state index contributed by atoms with van der Waals surface area (Å²) in [6, 6.07) is 8.26. The van der Waals surface area contributed by atoms with Crippen LogP contribution in [0.3, 0.4) is 0 Å². The zero-order chi connectivity index (χ0) is 15.4. The maximum atomic E-state index is 6.20. The maximum absolute atomic E-state index is 6.20. The Labute approximate surface area is 136 Å². The summed E-state index contributed by atoms with van der Waals surface area (Å²) < 4.78 is 5.63. The van der Waals surface area contributed by atoms with Crippen LogP contribution in [0.4, 0.5) is 0 Å². The number of hydrogen-bond acceptors (Lipinski definition) is 3. The van der Waals surface area contributed by atoms with Gasteiger partial charge in [-0.05, 0) is 25.0 Å². The minimum absolute atomic E-state index is 0.588. The first kappa shape index (κ1) is 15.3. The number of hydrogen-bond donors (Lipinski definition) is 0. The molecule has 1 saturated carbocycles. The predicted octanol–water partition coefficient (Wildman–Crippen LogP) is 4.93. The molecular weight excluding hydrogens is 296 g/mol. The fourth-order valence-corrected chi connectivity index (χ4v) is 3.34. The number of oxazole rings is 1. The van der Waals surface area contributed by atoms with Gasteiger partial charge in [-0.3, -0.25) is 4.90 Å². The van der Waals surface area contributed by atoms with Crippen LogP contribution in [0.2, 0.25) is 5.02 Å². The highest BCUT2D eigenvalue weighted by Crippen LogP contribution is 2.28. The topological polar surface area (TPSA) is 29.3 Å². The highest BCUT2D eigenvalue weighted by Gasteiger charge is 2.23. The van der Waals surface area contributed by atoms with Crippen LogP contribution in [0, 0.1) is 0 Å². The molecule has 1 aliphatic carbocycles. The highest BCUT2D eigenvalue weighted by molar-refractivity contribution is 6.33. The van der Waals surface area contributed by atoms with E-state index in [-0.39, 0.29) is 0 Å². The van der Waals surface area contributed by atoms with Crippen molar-refractivity contribution in [3.63, 3.8) is 0 Å². The van der Waals surface area contributed by atoms with Gasteiger partial charge in [0.2, 0.25) is 5.89 Å². The third kappa shape index (κ3) is 3.42. The molecule has 1 aliphatic rings. The standard InChI is InChI=1S/C18H21ClN2O/c1-2-11-21(15-7-3-4-8-15)12-14-13-22-18(20-14)16-9-5-6-10-17(16)19/h2,5-6,9-10,13,15H,1,3-4,7-8,11-12H2. The first-order valence-electron chi connectivity index (χ1n) is 7.82. The van der Waals surface area contributed by atoms with Gasteiger partial charge in [-0.1, -0.05) is 42.7 Å². The van der Waals surface area contributed by atoms with E-state index in [1.807, 2.05) is 30.3 Å². The second-order valence-electron chi connectivity index (χ2n) is 5.78. The Morgan fingerprint density at radius 3 is 2.82 bits per heavy atom. The molecule has 0 N–H and O–H groups in total.